The Bertz CT molecular complexity index is 906. The fourth-order valence-corrected chi connectivity index (χ4v) is 2.37. The molecule has 1 heterocycles. The molecule has 1 aromatic carbocycles. The number of aromatic nitrogens is 1. The number of alkyl halides is 1. The van der Waals surface area contributed by atoms with Crippen LogP contribution in [0.4, 0.5) is 5.82 Å². The normalized spacial score (nSPS) is 9.95. The maximum Gasteiger partial charge on any atom is 0.268 e. The molecule has 0 fully saturated rings. The lowest BCUT2D eigenvalue weighted by Crippen LogP contribution is -2.16. The van der Waals surface area contributed by atoms with Gasteiger partial charge in [0.1, 0.15) is 40.6 Å². The van der Waals surface area contributed by atoms with Crippen LogP contribution in [0.2, 0.25) is 0 Å². The molecule has 22 heavy (non-hydrogen) atoms. The maximum atomic E-state index is 11.9. The zero-order chi connectivity index (χ0) is 16.4. The number of aromatic amines is 1. The number of H-pyrrole nitrogens is 1. The van der Waals surface area contributed by atoms with Gasteiger partial charge in [-0.15, -0.1) is 11.6 Å². The summed E-state index contributed by atoms with van der Waals surface area (Å²) in [6.45, 7) is 0. The van der Waals surface area contributed by atoms with E-state index in [4.69, 9.17) is 17.3 Å². The van der Waals surface area contributed by atoms with Crippen molar-refractivity contribution < 1.29 is 10.2 Å². The number of hydrogen-bond donors (Lipinski definition) is 4. The van der Waals surface area contributed by atoms with Gasteiger partial charge in [-0.25, -0.2) is 0 Å². The lowest BCUT2D eigenvalue weighted by Gasteiger charge is -2.14. The van der Waals surface area contributed by atoms with Crippen molar-refractivity contribution >= 4 is 17.4 Å². The van der Waals surface area contributed by atoms with Crippen molar-refractivity contribution in [3.8, 4) is 34.8 Å². The lowest BCUT2D eigenvalue weighted by atomic mass is 9.92. The highest BCUT2D eigenvalue weighted by molar-refractivity contribution is 6.17. The predicted molar refractivity (Wildman–Crippen MR) is 79.2 cm³/mol. The third kappa shape index (κ3) is 2.30. The minimum Gasteiger partial charge on any atom is -0.508 e. The van der Waals surface area contributed by atoms with E-state index in [9.17, 15) is 25.5 Å². The van der Waals surface area contributed by atoms with Gasteiger partial charge in [-0.1, -0.05) is 0 Å². The first-order valence-electron chi connectivity index (χ1n) is 5.91. The molecule has 0 spiro atoms. The Morgan fingerprint density at radius 3 is 2.36 bits per heavy atom. The van der Waals surface area contributed by atoms with E-state index in [-0.39, 0.29) is 45.3 Å². The number of benzene rings is 1. The van der Waals surface area contributed by atoms with Crippen LogP contribution < -0.4 is 11.3 Å². The van der Waals surface area contributed by atoms with Crippen molar-refractivity contribution in [2.75, 3.05) is 5.73 Å². The Labute approximate surface area is 129 Å². The summed E-state index contributed by atoms with van der Waals surface area (Å²) in [5.74, 6) is -1.02. The van der Waals surface area contributed by atoms with Crippen LogP contribution in [0.3, 0.4) is 0 Å². The van der Waals surface area contributed by atoms with Gasteiger partial charge < -0.3 is 20.9 Å². The fourth-order valence-electron chi connectivity index (χ4n) is 2.16. The van der Waals surface area contributed by atoms with Crippen molar-refractivity contribution in [2.24, 2.45) is 0 Å². The van der Waals surface area contributed by atoms with Gasteiger partial charge in [0, 0.05) is 23.1 Å². The van der Waals surface area contributed by atoms with Gasteiger partial charge in [-0.2, -0.15) is 10.5 Å². The number of nitrogen functional groups attached to an aromatic ring is 1. The highest BCUT2D eigenvalue weighted by Crippen LogP contribution is 2.40. The van der Waals surface area contributed by atoms with Gasteiger partial charge in [-0.05, 0) is 11.6 Å². The number of nitriles is 2. The van der Waals surface area contributed by atoms with Crippen LogP contribution in [-0.4, -0.2) is 15.2 Å². The largest absolute Gasteiger partial charge is 0.508 e. The van der Waals surface area contributed by atoms with E-state index < -0.39 is 11.3 Å². The molecule has 8 heteroatoms. The first-order valence-corrected chi connectivity index (χ1v) is 6.45. The summed E-state index contributed by atoms with van der Waals surface area (Å²) in [4.78, 5) is 14.1. The van der Waals surface area contributed by atoms with Crippen molar-refractivity contribution in [1.82, 2.24) is 4.98 Å². The monoisotopic (exact) mass is 316 g/mol. The predicted octanol–water partition coefficient (Wildman–Crippen LogP) is 1.52. The average molecular weight is 317 g/mol. The SMILES string of the molecule is N#Cc1c(N)[nH]c(=O)c(C#N)c1-c1c(O)cc(O)cc1CCl. The number of hydrogen-bond acceptors (Lipinski definition) is 6. The van der Waals surface area contributed by atoms with E-state index >= 15 is 0 Å². The molecule has 0 bridgehead atoms. The van der Waals surface area contributed by atoms with Crippen LogP contribution in [0.5, 0.6) is 11.5 Å². The molecule has 1 aromatic heterocycles. The third-order valence-electron chi connectivity index (χ3n) is 3.05. The number of aromatic hydroxyl groups is 2. The van der Waals surface area contributed by atoms with Crippen molar-refractivity contribution in [2.45, 2.75) is 5.88 Å². The standard InChI is InChI=1S/C14H9ClN4O3/c15-3-6-1-7(20)2-10(21)11(6)12-8(4-16)13(18)19-14(22)9(12)5-17/h1-2,20-21H,3H2,(H3,18,19,22). The summed E-state index contributed by atoms with van der Waals surface area (Å²) >= 11 is 5.79. The molecular formula is C14H9ClN4O3. The van der Waals surface area contributed by atoms with Gasteiger partial charge in [0.2, 0.25) is 0 Å². The summed E-state index contributed by atoms with van der Waals surface area (Å²) in [5, 5.41) is 38.1. The molecule has 0 aliphatic heterocycles. The highest BCUT2D eigenvalue weighted by atomic mass is 35.5. The Hall–Kier alpha value is -3.16. The summed E-state index contributed by atoms with van der Waals surface area (Å²) in [7, 11) is 0. The molecule has 0 saturated carbocycles. The summed E-state index contributed by atoms with van der Waals surface area (Å²) in [6, 6.07) is 5.77. The lowest BCUT2D eigenvalue weighted by molar-refractivity contribution is 0.451. The van der Waals surface area contributed by atoms with Crippen LogP contribution >= 0.6 is 11.6 Å². The number of halogens is 1. The summed E-state index contributed by atoms with van der Waals surface area (Å²) < 4.78 is 0. The maximum absolute atomic E-state index is 11.9. The van der Waals surface area contributed by atoms with E-state index in [0.29, 0.717) is 0 Å². The average Bonchev–Trinajstić information content (AvgIpc) is 2.46. The second kappa shape index (κ2) is 5.68. The molecule has 0 amide bonds. The first-order chi connectivity index (χ1) is 10.4. The van der Waals surface area contributed by atoms with Crippen molar-refractivity contribution in [3.63, 3.8) is 0 Å². The topological polar surface area (TPSA) is 147 Å². The number of pyridine rings is 1. The number of phenolic OH excluding ortho intramolecular Hbond substituents is 2. The Balaban J connectivity index is 3.06. The fraction of sp³-hybridized carbons (Fsp3) is 0.0714. The number of phenols is 2. The van der Waals surface area contributed by atoms with Crippen LogP contribution in [0.25, 0.3) is 11.1 Å². The molecule has 110 valence electrons. The molecule has 2 aromatic rings. The van der Waals surface area contributed by atoms with E-state index in [0.717, 1.165) is 6.07 Å². The Kier molecular flexibility index (Phi) is 3.93. The molecule has 5 N–H and O–H groups in total. The number of nitrogens with one attached hydrogen (secondary N) is 1. The van der Waals surface area contributed by atoms with Crippen LogP contribution in [0, 0.1) is 22.7 Å². The Morgan fingerprint density at radius 1 is 1.18 bits per heavy atom. The Morgan fingerprint density at radius 2 is 1.82 bits per heavy atom. The zero-order valence-corrected chi connectivity index (χ0v) is 11.8. The number of nitrogens with zero attached hydrogens (tertiary/aromatic N) is 2. The molecule has 7 nitrogen and oxygen atoms in total. The first kappa shape index (κ1) is 15.2. The van der Waals surface area contributed by atoms with E-state index in [2.05, 4.69) is 4.98 Å². The van der Waals surface area contributed by atoms with Gasteiger partial charge in [-0.3, -0.25) is 4.79 Å². The van der Waals surface area contributed by atoms with Crippen molar-refractivity contribution in [1.29, 1.82) is 10.5 Å². The number of anilines is 1. The highest BCUT2D eigenvalue weighted by Gasteiger charge is 2.23. The molecule has 0 unspecified atom stereocenters. The van der Waals surface area contributed by atoms with E-state index in [1.807, 2.05) is 0 Å². The van der Waals surface area contributed by atoms with Gasteiger partial charge in [0.15, 0.2) is 0 Å². The quantitative estimate of drug-likeness (QED) is 0.617. The van der Waals surface area contributed by atoms with Gasteiger partial charge >= 0.3 is 0 Å². The van der Waals surface area contributed by atoms with Crippen molar-refractivity contribution in [3.05, 3.63) is 39.2 Å². The molecule has 0 radical (unpaired) electrons. The molecular weight excluding hydrogens is 308 g/mol. The van der Waals surface area contributed by atoms with Crippen LogP contribution in [0.15, 0.2) is 16.9 Å². The van der Waals surface area contributed by atoms with Crippen LogP contribution in [-0.2, 0) is 5.88 Å². The molecule has 0 atom stereocenters. The minimum absolute atomic E-state index is 0.0127. The second-order valence-electron chi connectivity index (χ2n) is 4.35. The minimum atomic E-state index is -0.790. The number of nitrogens with two attached hydrogens (primary N) is 1. The summed E-state index contributed by atoms with van der Waals surface area (Å²) in [5.41, 5.74) is 4.43. The zero-order valence-electron chi connectivity index (χ0n) is 11.0. The summed E-state index contributed by atoms with van der Waals surface area (Å²) in [6.07, 6.45) is 0. The van der Waals surface area contributed by atoms with E-state index in [1.165, 1.54) is 6.07 Å². The van der Waals surface area contributed by atoms with Crippen LogP contribution in [0.1, 0.15) is 16.7 Å². The van der Waals surface area contributed by atoms with Gasteiger partial charge in [0.25, 0.3) is 5.56 Å². The second-order valence-corrected chi connectivity index (χ2v) is 4.62. The molecule has 2 rings (SSSR count). The molecule has 0 aliphatic rings. The smallest absolute Gasteiger partial charge is 0.268 e. The molecule has 0 saturated heterocycles. The van der Waals surface area contributed by atoms with E-state index in [1.54, 1.807) is 12.1 Å². The number of rotatable bonds is 2. The molecule has 0 aliphatic carbocycles. The van der Waals surface area contributed by atoms with Gasteiger partial charge in [0.05, 0.1) is 0 Å². The third-order valence-corrected chi connectivity index (χ3v) is 3.33.